The van der Waals surface area contributed by atoms with Gasteiger partial charge in [-0.15, -0.1) is 11.1 Å². The summed E-state index contributed by atoms with van der Waals surface area (Å²) in [7, 11) is -3.91. The Morgan fingerprint density at radius 3 is 1.26 bits per heavy atom. The number of aryl methyl sites for hydroxylation is 4. The molecule has 7 heteroatoms. The summed E-state index contributed by atoms with van der Waals surface area (Å²) in [6.07, 6.45) is 17.1. The minimum atomic E-state index is -1.95. The van der Waals surface area contributed by atoms with Gasteiger partial charge in [-0.05, 0) is 73.4 Å². The Hall–Kier alpha value is 0.197. The van der Waals surface area contributed by atoms with Gasteiger partial charge in [-0.3, -0.25) is 0 Å². The zero-order valence-electron chi connectivity index (χ0n) is 29.1. The summed E-state index contributed by atoms with van der Waals surface area (Å²) in [5, 5.41) is 0.510. The summed E-state index contributed by atoms with van der Waals surface area (Å²) in [5.41, 5.74) is 9.16. The first-order chi connectivity index (χ1) is 18.7. The van der Waals surface area contributed by atoms with E-state index in [4.69, 9.17) is 8.85 Å². The molecule has 0 heterocycles. The van der Waals surface area contributed by atoms with E-state index in [2.05, 4.69) is 79.9 Å². The van der Waals surface area contributed by atoms with Crippen LogP contribution in [0.1, 0.15) is 126 Å². The molecule has 0 saturated carbocycles. The number of hydrogen-bond donors (Lipinski definition) is 0. The molecule has 0 spiro atoms. The molecule has 0 unspecified atom stereocenters. The smallest absolute Gasteiger partial charge is 1.00 e. The van der Waals surface area contributed by atoms with E-state index in [1.165, 1.54) is 99.7 Å². The van der Waals surface area contributed by atoms with Gasteiger partial charge in [0.05, 0.1) is 0 Å². The Morgan fingerprint density at radius 2 is 0.930 bits per heavy atom. The molecule has 2 aromatic rings. The van der Waals surface area contributed by atoms with E-state index >= 15 is 0 Å². The van der Waals surface area contributed by atoms with Crippen molar-refractivity contribution in [2.75, 3.05) is 0 Å². The van der Waals surface area contributed by atoms with Gasteiger partial charge in [-0.25, -0.2) is 0 Å². The van der Waals surface area contributed by atoms with E-state index in [1.54, 1.807) is 22.3 Å². The van der Waals surface area contributed by atoms with Crippen LogP contribution < -0.4 is 33.7 Å². The van der Waals surface area contributed by atoms with Crippen LogP contribution in [-0.4, -0.2) is 16.6 Å². The summed E-state index contributed by atoms with van der Waals surface area (Å²) in [6.45, 7) is 24.2. The van der Waals surface area contributed by atoms with Gasteiger partial charge < -0.3 is 33.7 Å². The number of halogens is 2. The molecule has 0 aliphatic heterocycles. The molecule has 0 saturated heterocycles. The molecule has 2 aromatic carbocycles. The summed E-state index contributed by atoms with van der Waals surface area (Å²) < 4.78 is 14.5. The normalized spacial score (nSPS) is 15.4. The van der Waals surface area contributed by atoms with Gasteiger partial charge in [-0.1, -0.05) is 106 Å². The second-order valence-corrected chi connectivity index (χ2v) is 24.6. The first-order valence-electron chi connectivity index (χ1n) is 16.7. The van der Waals surface area contributed by atoms with Gasteiger partial charge in [0, 0.05) is 0 Å². The second-order valence-electron chi connectivity index (χ2n) is 15.4. The second kappa shape index (κ2) is 16.3. The number of hydrogen-bond acceptors (Lipinski definition) is 2. The van der Waals surface area contributed by atoms with Crippen molar-refractivity contribution in [1.82, 2.24) is 0 Å². The third kappa shape index (κ3) is 8.97. The van der Waals surface area contributed by atoms with E-state index in [9.17, 15) is 0 Å². The van der Waals surface area contributed by atoms with Crippen LogP contribution in [0.3, 0.4) is 0 Å². The first-order valence-corrected chi connectivity index (χ1v) is 22.5. The van der Waals surface area contributed by atoms with Crippen LogP contribution in [0.25, 0.3) is 0 Å². The topological polar surface area (TPSA) is 18.5 Å². The fourth-order valence-corrected chi connectivity index (χ4v) is 11.0. The summed E-state index contributed by atoms with van der Waals surface area (Å²) in [4.78, 5) is 0. The minimum absolute atomic E-state index is 0. The van der Waals surface area contributed by atoms with Crippen molar-refractivity contribution in [3.63, 3.8) is 0 Å². The molecule has 0 amide bonds. The molecule has 2 nitrogen and oxygen atoms in total. The first kappa shape index (κ1) is 41.2. The van der Waals surface area contributed by atoms with Crippen molar-refractivity contribution in [3.05, 3.63) is 45.5 Å². The SMILES string of the molecule is CCCC(C)(C)[Si](C)(C)Oc1c(CCc2[cH-]c3c(c2O[Si](C)(C)C(C)(C)CCC)CCCC3)[cH-]c2c1CCCC2.[Cl-].[Cl-].[Zr+4]. The Kier molecular flexibility index (Phi) is 15.7. The summed E-state index contributed by atoms with van der Waals surface area (Å²) >= 11 is 0. The average Bonchev–Trinajstić information content (AvgIpc) is 3.39. The average molecular weight is 743 g/mol. The molecule has 0 aromatic heterocycles. The molecule has 2 aliphatic carbocycles. The van der Waals surface area contributed by atoms with Crippen LogP contribution >= 0.6 is 0 Å². The van der Waals surface area contributed by atoms with Gasteiger partial charge in [-0.2, -0.15) is 34.4 Å². The Bertz CT molecular complexity index is 1070. The Labute approximate surface area is 299 Å². The predicted molar refractivity (Wildman–Crippen MR) is 179 cm³/mol. The molecule has 2 aliphatic rings. The molecule has 0 atom stereocenters. The molecule has 4 rings (SSSR count). The van der Waals surface area contributed by atoms with Crippen LogP contribution in [-0.2, 0) is 64.7 Å². The molecule has 0 fully saturated rings. The maximum atomic E-state index is 7.26. The van der Waals surface area contributed by atoms with Crippen molar-refractivity contribution in [2.45, 2.75) is 168 Å². The molecular formula is C36H60Cl2O2Si2Zr. The van der Waals surface area contributed by atoms with E-state index in [0.717, 1.165) is 12.8 Å². The van der Waals surface area contributed by atoms with Crippen molar-refractivity contribution in [2.24, 2.45) is 0 Å². The third-order valence-electron chi connectivity index (χ3n) is 11.2. The van der Waals surface area contributed by atoms with E-state index in [-0.39, 0.29) is 61.1 Å². The van der Waals surface area contributed by atoms with E-state index in [1.807, 2.05) is 0 Å². The van der Waals surface area contributed by atoms with Crippen molar-refractivity contribution >= 4 is 16.6 Å². The molecule has 43 heavy (non-hydrogen) atoms. The Morgan fingerprint density at radius 1 is 0.605 bits per heavy atom. The predicted octanol–water partition coefficient (Wildman–Crippen LogP) is 5.00. The maximum Gasteiger partial charge on any atom is 4.00 e. The van der Waals surface area contributed by atoms with Crippen LogP contribution in [0.2, 0.25) is 36.3 Å². The van der Waals surface area contributed by atoms with Gasteiger partial charge in [0.15, 0.2) is 0 Å². The zero-order chi connectivity index (χ0) is 29.3. The van der Waals surface area contributed by atoms with Crippen LogP contribution in [0.5, 0.6) is 11.5 Å². The van der Waals surface area contributed by atoms with Crippen LogP contribution in [0.15, 0.2) is 12.1 Å². The standard InChI is InChI=1S/C36H60O2Si2.2ClH.Zr/c1-11-23-35(3,4)39(7,8)37-33-29(25-27-17-13-15-19-31(27)33)21-22-30-26-28-18-14-16-20-32(28)34(30)38-40(9,10)36(5,6)24-12-2;;;/h25-26H,11-24H2,1-10H3;2*1H;/q-2;;;+4/p-2. The van der Waals surface area contributed by atoms with Crippen molar-refractivity contribution in [3.8, 4) is 11.5 Å². The molecular weight excluding hydrogens is 683 g/mol. The minimum Gasteiger partial charge on any atom is -1.00 e. The fourth-order valence-electron chi connectivity index (χ4n) is 7.17. The summed E-state index contributed by atoms with van der Waals surface area (Å²) in [6, 6.07) is 5.07. The van der Waals surface area contributed by atoms with Gasteiger partial charge in [0.25, 0.3) is 0 Å². The summed E-state index contributed by atoms with van der Waals surface area (Å²) in [5.74, 6) is 2.57. The molecule has 242 valence electrons. The number of fused-ring (bicyclic) bond motifs is 2. The van der Waals surface area contributed by atoms with Gasteiger partial charge >= 0.3 is 26.2 Å². The molecule has 0 radical (unpaired) electrons. The van der Waals surface area contributed by atoms with Crippen LogP contribution in [0.4, 0.5) is 0 Å². The van der Waals surface area contributed by atoms with E-state index in [0.29, 0.717) is 0 Å². The quantitative estimate of drug-likeness (QED) is 0.213. The van der Waals surface area contributed by atoms with E-state index < -0.39 is 16.6 Å². The zero-order valence-corrected chi connectivity index (χ0v) is 35.1. The monoisotopic (exact) mass is 740 g/mol. The van der Waals surface area contributed by atoms with Gasteiger partial charge in [0.2, 0.25) is 16.6 Å². The van der Waals surface area contributed by atoms with Crippen molar-refractivity contribution < 1.29 is 59.9 Å². The molecule has 0 N–H and O–H groups in total. The third-order valence-corrected chi connectivity index (χ3v) is 19.7. The van der Waals surface area contributed by atoms with Crippen molar-refractivity contribution in [1.29, 1.82) is 0 Å². The fraction of sp³-hybridized carbons (Fsp3) is 0.722. The Balaban J connectivity index is 0.00000308. The largest absolute Gasteiger partial charge is 4.00 e. The van der Waals surface area contributed by atoms with Gasteiger partial charge in [0.1, 0.15) is 0 Å². The molecule has 0 bridgehead atoms. The van der Waals surface area contributed by atoms with Crippen LogP contribution in [0, 0.1) is 0 Å². The number of rotatable bonds is 13. The maximum absolute atomic E-state index is 7.26.